The lowest BCUT2D eigenvalue weighted by Crippen LogP contribution is -2.40. The first-order valence-electron chi connectivity index (χ1n) is 5.72. The fourth-order valence-corrected chi connectivity index (χ4v) is 2.00. The van der Waals surface area contributed by atoms with E-state index in [0.29, 0.717) is 17.2 Å². The number of carbonyl (C=O) groups is 1. The van der Waals surface area contributed by atoms with Gasteiger partial charge < -0.3 is 10.6 Å². The van der Waals surface area contributed by atoms with Crippen LogP contribution in [-0.2, 0) is 4.79 Å². The summed E-state index contributed by atoms with van der Waals surface area (Å²) in [4.78, 5) is 11.9. The third-order valence-electron chi connectivity index (χ3n) is 2.79. The van der Waals surface area contributed by atoms with E-state index in [0.717, 1.165) is 12.1 Å². The highest BCUT2D eigenvalue weighted by atomic mass is 16.2. The Bertz CT molecular complexity index is 488. The van der Waals surface area contributed by atoms with Crippen molar-refractivity contribution in [2.75, 3.05) is 10.6 Å². The predicted octanol–water partition coefficient (Wildman–Crippen LogP) is 2.34. The molecule has 17 heavy (non-hydrogen) atoms. The molecular formula is C13H15N3O. The summed E-state index contributed by atoms with van der Waals surface area (Å²) in [5.41, 5.74) is 1.92. The monoisotopic (exact) mass is 229 g/mol. The van der Waals surface area contributed by atoms with Gasteiger partial charge in [0.1, 0.15) is 12.1 Å². The molecule has 1 aromatic rings. The summed E-state index contributed by atoms with van der Waals surface area (Å²) in [6, 6.07) is 7.25. The largest absolute Gasteiger partial charge is 0.372 e. The molecule has 0 fully saturated rings. The third kappa shape index (κ3) is 2.23. The van der Waals surface area contributed by atoms with Gasteiger partial charge in [-0.05, 0) is 24.5 Å². The zero-order chi connectivity index (χ0) is 12.4. The number of nitriles is 1. The molecular weight excluding hydrogens is 214 g/mol. The average Bonchev–Trinajstić information content (AvgIpc) is 2.29. The molecule has 0 saturated carbocycles. The molecule has 4 nitrogen and oxygen atoms in total. The van der Waals surface area contributed by atoms with Crippen molar-refractivity contribution in [3.8, 4) is 6.07 Å². The fourth-order valence-electron chi connectivity index (χ4n) is 2.00. The Balaban J connectivity index is 2.31. The topological polar surface area (TPSA) is 64.9 Å². The van der Waals surface area contributed by atoms with Gasteiger partial charge in [0, 0.05) is 0 Å². The quantitative estimate of drug-likeness (QED) is 0.818. The van der Waals surface area contributed by atoms with Gasteiger partial charge in [-0.1, -0.05) is 19.9 Å². The fraction of sp³-hybridized carbons (Fsp3) is 0.385. The molecule has 1 amide bonds. The van der Waals surface area contributed by atoms with Crippen LogP contribution in [0.15, 0.2) is 18.2 Å². The van der Waals surface area contributed by atoms with Gasteiger partial charge in [0.15, 0.2) is 0 Å². The Hall–Kier alpha value is -2.02. The lowest BCUT2D eigenvalue weighted by molar-refractivity contribution is -0.117. The van der Waals surface area contributed by atoms with Crippen LogP contribution in [0.3, 0.4) is 0 Å². The third-order valence-corrected chi connectivity index (χ3v) is 2.79. The highest BCUT2D eigenvalue weighted by molar-refractivity contribution is 6.04. The van der Waals surface area contributed by atoms with Crippen molar-refractivity contribution >= 4 is 17.3 Å². The number of nitrogens with one attached hydrogen (secondary N) is 2. The second-order valence-electron chi connectivity index (χ2n) is 4.66. The molecule has 0 bridgehead atoms. The van der Waals surface area contributed by atoms with Crippen molar-refractivity contribution < 1.29 is 4.79 Å². The van der Waals surface area contributed by atoms with Gasteiger partial charge in [-0.3, -0.25) is 4.79 Å². The molecule has 0 spiro atoms. The highest BCUT2D eigenvalue weighted by Crippen LogP contribution is 2.31. The van der Waals surface area contributed by atoms with E-state index in [1.165, 1.54) is 0 Å². The summed E-state index contributed by atoms with van der Waals surface area (Å²) in [7, 11) is 0. The van der Waals surface area contributed by atoms with E-state index in [9.17, 15) is 4.79 Å². The Kier molecular flexibility index (Phi) is 3.01. The van der Waals surface area contributed by atoms with Crippen LogP contribution in [-0.4, -0.2) is 11.9 Å². The van der Waals surface area contributed by atoms with E-state index >= 15 is 0 Å². The summed E-state index contributed by atoms with van der Waals surface area (Å²) in [5.74, 6) is 0.382. The van der Waals surface area contributed by atoms with Crippen LogP contribution < -0.4 is 10.6 Å². The van der Waals surface area contributed by atoms with Crippen LogP contribution in [0.25, 0.3) is 0 Å². The van der Waals surface area contributed by atoms with Crippen LogP contribution in [0.4, 0.5) is 11.4 Å². The van der Waals surface area contributed by atoms with E-state index in [1.807, 2.05) is 12.1 Å². The molecule has 0 radical (unpaired) electrons. The summed E-state index contributed by atoms with van der Waals surface area (Å²) >= 11 is 0. The minimum absolute atomic E-state index is 0.0612. The number of anilines is 2. The normalized spacial score (nSPS) is 18.0. The molecule has 1 aromatic carbocycles. The van der Waals surface area contributed by atoms with E-state index < -0.39 is 0 Å². The van der Waals surface area contributed by atoms with Crippen molar-refractivity contribution in [2.45, 2.75) is 26.3 Å². The van der Waals surface area contributed by atoms with Crippen molar-refractivity contribution in [2.24, 2.45) is 5.92 Å². The molecule has 1 unspecified atom stereocenters. The average molecular weight is 229 g/mol. The number of para-hydroxylation sites is 1. The zero-order valence-electron chi connectivity index (χ0n) is 9.95. The number of benzene rings is 1. The van der Waals surface area contributed by atoms with Crippen LogP contribution in [0.1, 0.15) is 25.8 Å². The van der Waals surface area contributed by atoms with Gasteiger partial charge >= 0.3 is 0 Å². The number of amides is 1. The number of hydrogen-bond donors (Lipinski definition) is 2. The number of hydrogen-bond acceptors (Lipinski definition) is 3. The maximum atomic E-state index is 11.9. The molecule has 1 heterocycles. The maximum Gasteiger partial charge on any atom is 0.246 e. The van der Waals surface area contributed by atoms with Gasteiger partial charge in [0.25, 0.3) is 0 Å². The minimum atomic E-state index is -0.212. The molecule has 0 aromatic heterocycles. The molecule has 2 rings (SSSR count). The summed E-state index contributed by atoms with van der Waals surface area (Å²) in [5, 5.41) is 15.0. The summed E-state index contributed by atoms with van der Waals surface area (Å²) in [6.07, 6.45) is 0.780. The maximum absolute atomic E-state index is 11.9. The zero-order valence-corrected chi connectivity index (χ0v) is 9.95. The van der Waals surface area contributed by atoms with Crippen LogP contribution >= 0.6 is 0 Å². The number of carbonyl (C=O) groups excluding carboxylic acids is 1. The predicted molar refractivity (Wildman–Crippen MR) is 66.7 cm³/mol. The first kappa shape index (κ1) is 11.5. The number of fused-ring (bicyclic) bond motifs is 1. The highest BCUT2D eigenvalue weighted by Gasteiger charge is 2.27. The molecule has 1 aliphatic rings. The number of nitrogens with zero attached hydrogens (tertiary/aromatic N) is 1. The molecule has 2 N–H and O–H groups in total. The van der Waals surface area contributed by atoms with E-state index in [2.05, 4.69) is 30.6 Å². The molecule has 0 aliphatic carbocycles. The first-order chi connectivity index (χ1) is 8.11. The SMILES string of the molecule is CC(C)CC1Nc2cccc(C#N)c2NC1=O. The van der Waals surface area contributed by atoms with Gasteiger partial charge in [0.2, 0.25) is 5.91 Å². The van der Waals surface area contributed by atoms with E-state index in [-0.39, 0.29) is 11.9 Å². The Morgan fingerprint density at radius 1 is 1.47 bits per heavy atom. The van der Waals surface area contributed by atoms with Gasteiger partial charge in [-0.15, -0.1) is 0 Å². The van der Waals surface area contributed by atoms with Gasteiger partial charge in [-0.2, -0.15) is 5.26 Å². The first-order valence-corrected chi connectivity index (χ1v) is 5.72. The van der Waals surface area contributed by atoms with Crippen LogP contribution in [0, 0.1) is 17.2 Å². The summed E-state index contributed by atoms with van der Waals surface area (Å²) < 4.78 is 0. The Morgan fingerprint density at radius 2 is 2.24 bits per heavy atom. The van der Waals surface area contributed by atoms with E-state index in [1.54, 1.807) is 6.07 Å². The molecule has 1 atom stereocenters. The van der Waals surface area contributed by atoms with E-state index in [4.69, 9.17) is 5.26 Å². The lowest BCUT2D eigenvalue weighted by Gasteiger charge is -2.28. The second kappa shape index (κ2) is 4.46. The van der Waals surface area contributed by atoms with Gasteiger partial charge in [-0.25, -0.2) is 0 Å². The Morgan fingerprint density at radius 3 is 2.88 bits per heavy atom. The smallest absolute Gasteiger partial charge is 0.246 e. The second-order valence-corrected chi connectivity index (χ2v) is 4.66. The lowest BCUT2D eigenvalue weighted by atomic mass is 9.99. The summed E-state index contributed by atoms with van der Waals surface area (Å²) in [6.45, 7) is 4.16. The standard InChI is InChI=1S/C13H15N3O/c1-8(2)6-11-13(17)16-12-9(7-14)4-3-5-10(12)15-11/h3-5,8,11,15H,6H2,1-2H3,(H,16,17). The Labute approximate surface area is 101 Å². The van der Waals surface area contributed by atoms with Crippen LogP contribution in [0.2, 0.25) is 0 Å². The minimum Gasteiger partial charge on any atom is -0.372 e. The molecule has 1 aliphatic heterocycles. The van der Waals surface area contributed by atoms with Crippen LogP contribution in [0.5, 0.6) is 0 Å². The van der Waals surface area contributed by atoms with Crippen molar-refractivity contribution in [1.29, 1.82) is 5.26 Å². The molecule has 4 heteroatoms. The number of rotatable bonds is 2. The molecule has 88 valence electrons. The van der Waals surface area contributed by atoms with Crippen molar-refractivity contribution in [3.63, 3.8) is 0 Å². The molecule has 0 saturated heterocycles. The van der Waals surface area contributed by atoms with Crippen molar-refractivity contribution in [1.82, 2.24) is 0 Å². The van der Waals surface area contributed by atoms with Gasteiger partial charge in [0.05, 0.1) is 16.9 Å². The van der Waals surface area contributed by atoms with Crippen molar-refractivity contribution in [3.05, 3.63) is 23.8 Å².